The van der Waals surface area contributed by atoms with Crippen LogP contribution >= 0.6 is 0 Å². The van der Waals surface area contributed by atoms with Gasteiger partial charge in [-0.05, 0) is 74.4 Å². The average Bonchev–Trinajstić information content (AvgIpc) is 3.19. The van der Waals surface area contributed by atoms with Crippen LogP contribution in [0, 0.1) is 13.8 Å². The molecule has 0 N–H and O–H groups in total. The van der Waals surface area contributed by atoms with Crippen molar-refractivity contribution in [1.82, 2.24) is 0 Å². The van der Waals surface area contributed by atoms with E-state index in [9.17, 15) is 0 Å². The number of hydrogen-bond donors (Lipinski definition) is 0. The Balaban J connectivity index is 1.40. The van der Waals surface area contributed by atoms with E-state index in [1.54, 1.807) is 0 Å². The van der Waals surface area contributed by atoms with Crippen LogP contribution in [0.2, 0.25) is 0 Å². The summed E-state index contributed by atoms with van der Waals surface area (Å²) in [6.07, 6.45) is 0. The lowest BCUT2D eigenvalue weighted by molar-refractivity contribution is 0.418. The maximum Gasteiger partial charge on any atom is 0.184 e. The Morgan fingerprint density at radius 2 is 1.04 bits per heavy atom. The minimum Gasteiger partial charge on any atom is -0.457 e. The molecular weight excluding hydrogens is 709 g/mol. The van der Waals surface area contributed by atoms with Crippen molar-refractivity contribution < 1.29 is 9.47 Å². The monoisotopic (exact) mass is 760 g/mol. The average molecular weight is 761 g/mol. The summed E-state index contributed by atoms with van der Waals surface area (Å²) in [7, 11) is -3.12. The molecule has 0 amide bonds. The van der Waals surface area contributed by atoms with E-state index >= 15 is 0 Å². The van der Waals surface area contributed by atoms with Crippen molar-refractivity contribution in [2.24, 2.45) is 0 Å². The molecule has 0 unspecified atom stereocenters. The van der Waals surface area contributed by atoms with Crippen LogP contribution in [0.3, 0.4) is 0 Å². The van der Waals surface area contributed by atoms with Gasteiger partial charge in [0.25, 0.3) is 0 Å². The molecule has 0 aromatic heterocycles. The summed E-state index contributed by atoms with van der Waals surface area (Å²) in [5, 5.41) is 5.18. The molecule has 7 aromatic rings. The molecule has 0 bridgehead atoms. The Bertz CT molecular complexity index is 2640. The zero-order valence-electron chi connectivity index (χ0n) is 34.8. The van der Waals surface area contributed by atoms with Crippen LogP contribution in [-0.4, -0.2) is 8.07 Å². The lowest BCUT2D eigenvalue weighted by Gasteiger charge is -2.41. The fourth-order valence-electron chi connectivity index (χ4n) is 9.84. The summed E-state index contributed by atoms with van der Waals surface area (Å²) < 4.78 is 14.3. The third-order valence-corrected chi connectivity index (χ3v) is 17.6. The third-order valence-electron chi connectivity index (χ3n) is 12.9. The summed E-state index contributed by atoms with van der Waals surface area (Å²) in [6, 6.07) is 56.5. The lowest BCUT2D eigenvalue weighted by atomic mass is 9.73. The van der Waals surface area contributed by atoms with Crippen LogP contribution < -0.4 is 30.2 Å². The third kappa shape index (κ3) is 5.65. The summed E-state index contributed by atoms with van der Waals surface area (Å²) >= 11 is 0. The predicted octanol–water partition coefficient (Wildman–Crippen LogP) is 11.5. The molecule has 0 fully saturated rings. The number of fused-ring (bicyclic) bond motifs is 4. The molecule has 2 heterocycles. The zero-order valence-corrected chi connectivity index (χ0v) is 35.8. The molecule has 9 rings (SSSR count). The van der Waals surface area contributed by atoms with E-state index in [0.29, 0.717) is 0 Å². The van der Waals surface area contributed by atoms with E-state index in [1.807, 2.05) is 0 Å². The standard InChI is InChI=1S/C54H52O2Si/c1-35-27-30-43-47(33-35)56-51-45(54(43,8)9)31-28-36(2)49(51)40-34-39(29-32-41(40)52(3,4)5)57(37-19-12-10-13-20-37,38-21-14-11-15-22-38)48-26-18-24-44-50(48)55-46-25-17-16-23-42(46)53(44,6)7/h10-34H,1-9H3. The van der Waals surface area contributed by atoms with Gasteiger partial charge in [-0.2, -0.15) is 0 Å². The van der Waals surface area contributed by atoms with E-state index in [4.69, 9.17) is 9.47 Å². The second-order valence-corrected chi connectivity index (χ2v) is 22.0. The Labute approximate surface area is 340 Å². The maximum absolute atomic E-state index is 7.18. The fraction of sp³-hybridized carbons (Fsp3) is 0.222. The number of benzene rings is 7. The van der Waals surface area contributed by atoms with Crippen molar-refractivity contribution in [1.29, 1.82) is 0 Å². The van der Waals surface area contributed by atoms with Crippen LogP contribution in [0.25, 0.3) is 11.1 Å². The van der Waals surface area contributed by atoms with Crippen LogP contribution in [0.4, 0.5) is 0 Å². The highest BCUT2D eigenvalue weighted by Gasteiger charge is 2.47. The Morgan fingerprint density at radius 3 is 1.70 bits per heavy atom. The summed E-state index contributed by atoms with van der Waals surface area (Å²) in [4.78, 5) is 0. The van der Waals surface area contributed by atoms with Gasteiger partial charge in [0.15, 0.2) is 8.07 Å². The van der Waals surface area contributed by atoms with Gasteiger partial charge >= 0.3 is 0 Å². The molecule has 284 valence electrons. The quantitative estimate of drug-likeness (QED) is 0.128. The minimum atomic E-state index is -3.12. The lowest BCUT2D eigenvalue weighted by Crippen LogP contribution is -2.75. The van der Waals surface area contributed by atoms with E-state index in [0.717, 1.165) is 23.0 Å². The largest absolute Gasteiger partial charge is 0.457 e. The molecule has 0 spiro atoms. The molecule has 7 aromatic carbocycles. The first-order valence-electron chi connectivity index (χ1n) is 20.3. The topological polar surface area (TPSA) is 18.5 Å². The normalized spacial score (nSPS) is 15.0. The van der Waals surface area contributed by atoms with Crippen molar-refractivity contribution in [2.75, 3.05) is 0 Å². The first-order chi connectivity index (χ1) is 27.2. The Morgan fingerprint density at radius 1 is 0.474 bits per heavy atom. The fourth-order valence-corrected chi connectivity index (χ4v) is 14.7. The molecule has 0 saturated heterocycles. The second-order valence-electron chi connectivity index (χ2n) is 18.3. The molecule has 0 atom stereocenters. The van der Waals surface area contributed by atoms with Gasteiger partial charge in [-0.15, -0.1) is 0 Å². The van der Waals surface area contributed by atoms with Crippen molar-refractivity contribution in [3.05, 3.63) is 191 Å². The summed E-state index contributed by atoms with van der Waals surface area (Å²) in [5.41, 5.74) is 10.3. The minimum absolute atomic E-state index is 0.145. The molecule has 3 heteroatoms. The molecule has 0 radical (unpaired) electrons. The van der Waals surface area contributed by atoms with Gasteiger partial charge in [-0.25, -0.2) is 0 Å². The summed E-state index contributed by atoms with van der Waals surface area (Å²) in [6.45, 7) is 20.7. The molecular formula is C54H52O2Si. The van der Waals surface area contributed by atoms with Gasteiger partial charge < -0.3 is 9.47 Å². The highest BCUT2D eigenvalue weighted by molar-refractivity contribution is 7.20. The van der Waals surface area contributed by atoms with Crippen molar-refractivity contribution in [3.8, 4) is 34.1 Å². The number of hydrogen-bond acceptors (Lipinski definition) is 2. The van der Waals surface area contributed by atoms with Gasteiger partial charge in [0.2, 0.25) is 0 Å². The van der Waals surface area contributed by atoms with Crippen molar-refractivity contribution >= 4 is 28.8 Å². The molecule has 0 aliphatic carbocycles. The van der Waals surface area contributed by atoms with Gasteiger partial charge in [0, 0.05) is 38.6 Å². The van der Waals surface area contributed by atoms with Gasteiger partial charge in [0.1, 0.15) is 23.0 Å². The molecule has 0 saturated carbocycles. The van der Waals surface area contributed by atoms with Crippen LogP contribution in [0.15, 0.2) is 152 Å². The first-order valence-corrected chi connectivity index (χ1v) is 22.3. The summed E-state index contributed by atoms with van der Waals surface area (Å²) in [5.74, 6) is 3.82. The predicted molar refractivity (Wildman–Crippen MR) is 241 cm³/mol. The van der Waals surface area contributed by atoms with E-state index in [1.165, 1.54) is 70.8 Å². The van der Waals surface area contributed by atoms with Gasteiger partial charge in [-0.3, -0.25) is 0 Å². The number of rotatable bonds is 5. The van der Waals surface area contributed by atoms with E-state index in [2.05, 4.69) is 214 Å². The van der Waals surface area contributed by atoms with Crippen LogP contribution in [0.1, 0.15) is 87.4 Å². The van der Waals surface area contributed by atoms with Crippen molar-refractivity contribution in [2.45, 2.75) is 78.6 Å². The van der Waals surface area contributed by atoms with Gasteiger partial charge in [0.05, 0.1) is 0 Å². The maximum atomic E-state index is 7.18. The van der Waals surface area contributed by atoms with Gasteiger partial charge in [-0.1, -0.05) is 188 Å². The molecule has 2 nitrogen and oxygen atoms in total. The highest BCUT2D eigenvalue weighted by atomic mass is 28.3. The Hall–Kier alpha value is -5.64. The SMILES string of the molecule is Cc1ccc2c(c1)Oc1c(ccc(C)c1-c1cc([Si](c3ccccc3)(c3ccccc3)c3cccc4c3Oc3ccccc3C4(C)C)ccc1C(C)(C)C)C2(C)C. The first kappa shape index (κ1) is 37.0. The number of para-hydroxylation sites is 2. The number of aryl methyl sites for hydroxylation is 2. The number of ether oxygens (including phenoxy) is 2. The molecule has 57 heavy (non-hydrogen) atoms. The Kier molecular flexibility index (Phi) is 8.57. The van der Waals surface area contributed by atoms with Crippen LogP contribution in [-0.2, 0) is 16.2 Å². The van der Waals surface area contributed by atoms with Crippen molar-refractivity contribution in [3.63, 3.8) is 0 Å². The van der Waals surface area contributed by atoms with Crippen LogP contribution in [0.5, 0.6) is 23.0 Å². The van der Waals surface area contributed by atoms with E-state index < -0.39 is 8.07 Å². The smallest absolute Gasteiger partial charge is 0.184 e. The second kappa shape index (κ2) is 13.2. The zero-order chi connectivity index (χ0) is 39.9. The van der Waals surface area contributed by atoms with E-state index in [-0.39, 0.29) is 16.2 Å². The molecule has 2 aliphatic heterocycles. The molecule has 2 aliphatic rings. The highest BCUT2D eigenvalue weighted by Crippen LogP contribution is 2.53.